The molecular formula is C17H10F4. The zero-order valence-electron chi connectivity index (χ0n) is 11.1. The predicted octanol–water partition coefficient (Wildman–Crippen LogP) is 5.37. The van der Waals surface area contributed by atoms with Gasteiger partial charge in [0.05, 0.1) is 5.56 Å². The first-order valence-corrected chi connectivity index (χ1v) is 6.30. The fourth-order valence-electron chi connectivity index (χ4n) is 2.37. The Balaban J connectivity index is 2.24. The number of rotatable bonds is 1. The second kappa shape index (κ2) is 4.88. The van der Waals surface area contributed by atoms with Crippen LogP contribution in [0.3, 0.4) is 0 Å². The van der Waals surface area contributed by atoms with Crippen LogP contribution in [0.5, 0.6) is 0 Å². The van der Waals surface area contributed by atoms with Crippen LogP contribution in [-0.4, -0.2) is 0 Å². The molecule has 0 aliphatic rings. The number of hydrogen-bond donors (Lipinski definition) is 0. The average molecular weight is 290 g/mol. The lowest BCUT2D eigenvalue weighted by atomic mass is 9.99. The molecule has 0 aliphatic carbocycles. The highest BCUT2D eigenvalue weighted by molar-refractivity contribution is 5.87. The lowest BCUT2D eigenvalue weighted by molar-refractivity contribution is 0.511. The minimum absolute atomic E-state index is 0.174. The molecule has 0 unspecified atom stereocenters. The predicted molar refractivity (Wildman–Crippen MR) is 74.0 cm³/mol. The van der Waals surface area contributed by atoms with E-state index in [0.29, 0.717) is 16.3 Å². The van der Waals surface area contributed by atoms with Crippen LogP contribution in [0.1, 0.15) is 5.56 Å². The van der Waals surface area contributed by atoms with E-state index in [-0.39, 0.29) is 11.1 Å². The molecule has 4 heteroatoms. The molecule has 3 aromatic rings. The van der Waals surface area contributed by atoms with E-state index in [9.17, 15) is 17.6 Å². The summed E-state index contributed by atoms with van der Waals surface area (Å²) in [5.74, 6) is -3.32. The second-order valence-corrected chi connectivity index (χ2v) is 4.93. The van der Waals surface area contributed by atoms with Crippen LogP contribution >= 0.6 is 0 Å². The molecule has 0 aliphatic heterocycles. The molecule has 0 spiro atoms. The van der Waals surface area contributed by atoms with Gasteiger partial charge in [0.15, 0.2) is 11.6 Å². The third kappa shape index (κ3) is 2.37. The van der Waals surface area contributed by atoms with Crippen LogP contribution in [0.2, 0.25) is 0 Å². The third-order valence-electron chi connectivity index (χ3n) is 3.35. The van der Waals surface area contributed by atoms with Crippen LogP contribution in [0.15, 0.2) is 42.5 Å². The van der Waals surface area contributed by atoms with E-state index in [4.69, 9.17) is 0 Å². The van der Waals surface area contributed by atoms with Gasteiger partial charge in [-0.3, -0.25) is 0 Å². The molecule has 0 saturated carbocycles. The SMILES string of the molecule is Cc1cc(F)c(-c2ccc3cc(F)c(F)cc3c2)c(F)c1. The van der Waals surface area contributed by atoms with E-state index >= 15 is 0 Å². The standard InChI is InChI=1S/C17H10F4/c1-9-4-15(20)17(16(21)5-9)11-3-2-10-7-13(18)14(19)8-12(10)6-11/h2-8H,1H3. The highest BCUT2D eigenvalue weighted by atomic mass is 19.2. The molecule has 0 aromatic heterocycles. The maximum Gasteiger partial charge on any atom is 0.159 e. The van der Waals surface area contributed by atoms with Crippen LogP contribution in [0, 0.1) is 30.2 Å². The van der Waals surface area contributed by atoms with Crippen molar-refractivity contribution in [1.82, 2.24) is 0 Å². The molecule has 21 heavy (non-hydrogen) atoms. The Labute approximate surface area is 118 Å². The molecule has 0 atom stereocenters. The van der Waals surface area contributed by atoms with E-state index in [1.807, 2.05) is 0 Å². The van der Waals surface area contributed by atoms with Crippen LogP contribution < -0.4 is 0 Å². The molecule has 0 amide bonds. The monoisotopic (exact) mass is 290 g/mol. The number of fused-ring (bicyclic) bond motifs is 1. The molecule has 106 valence electrons. The van der Waals surface area contributed by atoms with Crippen molar-refractivity contribution in [3.05, 3.63) is 71.3 Å². The summed E-state index contributed by atoms with van der Waals surface area (Å²) in [6.45, 7) is 1.59. The maximum absolute atomic E-state index is 14.0. The Bertz CT molecular complexity index is 830. The summed E-state index contributed by atoms with van der Waals surface area (Å²) in [5, 5.41) is 0.844. The van der Waals surface area contributed by atoms with Gasteiger partial charge in [-0.05, 0) is 59.2 Å². The first-order valence-electron chi connectivity index (χ1n) is 6.30. The molecular weight excluding hydrogens is 280 g/mol. The van der Waals surface area contributed by atoms with Crippen LogP contribution in [-0.2, 0) is 0 Å². The molecule has 0 radical (unpaired) electrons. The molecule has 3 rings (SSSR count). The number of aryl methyl sites for hydroxylation is 1. The maximum atomic E-state index is 14.0. The summed E-state index contributed by atoms with van der Waals surface area (Å²) >= 11 is 0. The van der Waals surface area contributed by atoms with E-state index < -0.39 is 23.3 Å². The van der Waals surface area contributed by atoms with Crippen molar-refractivity contribution in [1.29, 1.82) is 0 Å². The summed E-state index contributed by atoms with van der Waals surface area (Å²) in [6.07, 6.45) is 0. The van der Waals surface area contributed by atoms with Gasteiger partial charge in [-0.2, -0.15) is 0 Å². The van der Waals surface area contributed by atoms with Gasteiger partial charge in [-0.15, -0.1) is 0 Å². The van der Waals surface area contributed by atoms with Crippen molar-refractivity contribution in [2.75, 3.05) is 0 Å². The van der Waals surface area contributed by atoms with Crippen molar-refractivity contribution in [3.63, 3.8) is 0 Å². The molecule has 0 N–H and O–H groups in total. The van der Waals surface area contributed by atoms with Gasteiger partial charge < -0.3 is 0 Å². The zero-order chi connectivity index (χ0) is 15.1. The van der Waals surface area contributed by atoms with Crippen molar-refractivity contribution in [2.45, 2.75) is 6.92 Å². The van der Waals surface area contributed by atoms with Crippen LogP contribution in [0.25, 0.3) is 21.9 Å². The first-order chi connectivity index (χ1) is 9.95. The van der Waals surface area contributed by atoms with Crippen molar-refractivity contribution in [3.8, 4) is 11.1 Å². The lowest BCUT2D eigenvalue weighted by Gasteiger charge is -2.08. The summed E-state index contributed by atoms with van der Waals surface area (Å²) in [4.78, 5) is 0. The fraction of sp³-hybridized carbons (Fsp3) is 0.0588. The van der Waals surface area contributed by atoms with Crippen LogP contribution in [0.4, 0.5) is 17.6 Å². The van der Waals surface area contributed by atoms with Gasteiger partial charge in [0.2, 0.25) is 0 Å². The van der Waals surface area contributed by atoms with Crippen molar-refractivity contribution in [2.24, 2.45) is 0 Å². The van der Waals surface area contributed by atoms with E-state index in [1.54, 1.807) is 6.92 Å². The first kappa shape index (κ1) is 13.6. The Morgan fingerprint density at radius 2 is 1.19 bits per heavy atom. The van der Waals surface area contributed by atoms with E-state index in [1.165, 1.54) is 30.3 Å². The quantitative estimate of drug-likeness (QED) is 0.528. The van der Waals surface area contributed by atoms with Crippen molar-refractivity contribution < 1.29 is 17.6 Å². The van der Waals surface area contributed by atoms with Crippen molar-refractivity contribution >= 4 is 10.8 Å². The second-order valence-electron chi connectivity index (χ2n) is 4.93. The number of benzene rings is 3. The van der Waals surface area contributed by atoms with Gasteiger partial charge in [0.25, 0.3) is 0 Å². The average Bonchev–Trinajstić information content (AvgIpc) is 2.39. The largest absolute Gasteiger partial charge is 0.206 e. The Morgan fingerprint density at radius 1 is 0.619 bits per heavy atom. The molecule has 0 fully saturated rings. The highest BCUT2D eigenvalue weighted by Gasteiger charge is 2.13. The lowest BCUT2D eigenvalue weighted by Crippen LogP contribution is -1.92. The number of hydrogen-bond acceptors (Lipinski definition) is 0. The van der Waals surface area contributed by atoms with Gasteiger partial charge in [-0.25, -0.2) is 17.6 Å². The summed E-state index contributed by atoms with van der Waals surface area (Å²) < 4.78 is 54.4. The summed E-state index contributed by atoms with van der Waals surface area (Å²) in [7, 11) is 0. The van der Waals surface area contributed by atoms with Gasteiger partial charge >= 0.3 is 0 Å². The molecule has 0 nitrogen and oxygen atoms in total. The smallest absolute Gasteiger partial charge is 0.159 e. The summed E-state index contributed by atoms with van der Waals surface area (Å²) in [5.41, 5.74) is 0.582. The van der Waals surface area contributed by atoms with Gasteiger partial charge in [-0.1, -0.05) is 12.1 Å². The fourth-order valence-corrected chi connectivity index (χ4v) is 2.37. The minimum atomic E-state index is -0.996. The van der Waals surface area contributed by atoms with Gasteiger partial charge in [0, 0.05) is 0 Å². The Hall–Kier alpha value is -2.36. The number of halogens is 4. The van der Waals surface area contributed by atoms with Gasteiger partial charge in [0.1, 0.15) is 11.6 Å². The molecule has 0 heterocycles. The zero-order valence-corrected chi connectivity index (χ0v) is 11.1. The molecule has 3 aromatic carbocycles. The topological polar surface area (TPSA) is 0 Å². The molecule has 0 saturated heterocycles. The summed E-state index contributed by atoms with van der Waals surface area (Å²) in [6, 6.07) is 8.95. The van der Waals surface area contributed by atoms with E-state index in [2.05, 4.69) is 0 Å². The van der Waals surface area contributed by atoms with E-state index in [0.717, 1.165) is 12.1 Å². The molecule has 0 bridgehead atoms. The third-order valence-corrected chi connectivity index (χ3v) is 3.35. The Morgan fingerprint density at radius 3 is 1.81 bits per heavy atom. The highest BCUT2D eigenvalue weighted by Crippen LogP contribution is 2.30. The Kier molecular flexibility index (Phi) is 3.16. The normalized spacial score (nSPS) is 11.1. The minimum Gasteiger partial charge on any atom is -0.206 e.